The molecule has 0 saturated heterocycles. The van der Waals surface area contributed by atoms with Crippen LogP contribution in [0.4, 0.5) is 0 Å². The highest BCUT2D eigenvalue weighted by atomic mass is 35.5. The topological polar surface area (TPSA) is 68.0 Å². The lowest BCUT2D eigenvalue weighted by Gasteiger charge is -2.01. The Labute approximate surface area is 142 Å². The van der Waals surface area contributed by atoms with Crippen molar-refractivity contribution in [3.63, 3.8) is 0 Å². The summed E-state index contributed by atoms with van der Waals surface area (Å²) in [5.41, 5.74) is 0.703. The fraction of sp³-hybridized carbons (Fsp3) is 0.188. The van der Waals surface area contributed by atoms with Crippen LogP contribution in [0.15, 0.2) is 46.2 Å². The van der Waals surface area contributed by atoms with Crippen LogP contribution in [0.3, 0.4) is 0 Å². The van der Waals surface area contributed by atoms with Crippen LogP contribution in [0, 0.1) is 0 Å². The molecule has 0 bridgehead atoms. The van der Waals surface area contributed by atoms with E-state index >= 15 is 0 Å². The molecule has 118 valence electrons. The van der Waals surface area contributed by atoms with Crippen molar-refractivity contribution in [1.29, 1.82) is 0 Å². The van der Waals surface area contributed by atoms with Crippen LogP contribution in [0.5, 0.6) is 0 Å². The van der Waals surface area contributed by atoms with Gasteiger partial charge in [0.15, 0.2) is 0 Å². The summed E-state index contributed by atoms with van der Waals surface area (Å²) < 4.78 is 5.58. The standard InChI is InChI=1S/C16H14ClN3O2S/c17-13-6-2-1-5-12(13)16-20-19-15(22-16)7-8-18-14(21)10-11-4-3-9-23-11/h1-6,9H,7-8,10H2,(H,18,21). The van der Waals surface area contributed by atoms with Crippen molar-refractivity contribution in [2.75, 3.05) is 6.54 Å². The van der Waals surface area contributed by atoms with E-state index in [0.29, 0.717) is 41.8 Å². The molecule has 2 aromatic heterocycles. The number of amides is 1. The monoisotopic (exact) mass is 347 g/mol. The van der Waals surface area contributed by atoms with Gasteiger partial charge in [0.2, 0.25) is 17.7 Å². The predicted octanol–water partition coefficient (Wildman–Crippen LogP) is 3.35. The molecule has 0 spiro atoms. The Bertz CT molecular complexity index is 786. The van der Waals surface area contributed by atoms with Gasteiger partial charge in [-0.05, 0) is 23.6 Å². The van der Waals surface area contributed by atoms with Gasteiger partial charge in [0.05, 0.1) is 17.0 Å². The van der Waals surface area contributed by atoms with Gasteiger partial charge >= 0.3 is 0 Å². The van der Waals surface area contributed by atoms with Gasteiger partial charge in [-0.2, -0.15) is 0 Å². The summed E-state index contributed by atoms with van der Waals surface area (Å²) in [5.74, 6) is 0.838. The van der Waals surface area contributed by atoms with Gasteiger partial charge in [-0.3, -0.25) is 4.79 Å². The van der Waals surface area contributed by atoms with Gasteiger partial charge in [0, 0.05) is 17.8 Å². The highest BCUT2D eigenvalue weighted by molar-refractivity contribution is 7.10. The first-order valence-corrected chi connectivity index (χ1v) is 8.34. The summed E-state index contributed by atoms with van der Waals surface area (Å²) in [7, 11) is 0. The summed E-state index contributed by atoms with van der Waals surface area (Å²) in [6.07, 6.45) is 0.875. The van der Waals surface area contributed by atoms with E-state index in [1.807, 2.05) is 35.7 Å². The van der Waals surface area contributed by atoms with Gasteiger partial charge in [0.25, 0.3) is 0 Å². The number of carbonyl (C=O) groups excluding carboxylic acids is 1. The molecule has 0 radical (unpaired) electrons. The SMILES string of the molecule is O=C(Cc1cccs1)NCCc1nnc(-c2ccccc2Cl)o1. The number of hydrogen-bond acceptors (Lipinski definition) is 5. The maximum atomic E-state index is 11.8. The van der Waals surface area contributed by atoms with Crippen molar-refractivity contribution < 1.29 is 9.21 Å². The van der Waals surface area contributed by atoms with Gasteiger partial charge in [-0.25, -0.2) is 0 Å². The Morgan fingerprint density at radius 2 is 2.09 bits per heavy atom. The average molecular weight is 348 g/mol. The smallest absolute Gasteiger partial charge is 0.249 e. The number of carbonyl (C=O) groups is 1. The third kappa shape index (κ3) is 4.18. The second-order valence-corrected chi connectivity index (χ2v) is 6.28. The van der Waals surface area contributed by atoms with Crippen molar-refractivity contribution in [2.45, 2.75) is 12.8 Å². The molecule has 0 aliphatic heterocycles. The minimum atomic E-state index is -0.0155. The normalized spacial score (nSPS) is 10.7. The molecule has 0 unspecified atom stereocenters. The highest BCUT2D eigenvalue weighted by Crippen LogP contribution is 2.26. The lowest BCUT2D eigenvalue weighted by molar-refractivity contribution is -0.120. The first-order valence-electron chi connectivity index (χ1n) is 7.09. The largest absolute Gasteiger partial charge is 0.421 e. The van der Waals surface area contributed by atoms with E-state index in [0.717, 1.165) is 4.88 Å². The highest BCUT2D eigenvalue weighted by Gasteiger charge is 2.11. The molecule has 0 aliphatic carbocycles. The van der Waals surface area contributed by atoms with Crippen LogP contribution in [0.25, 0.3) is 11.5 Å². The minimum absolute atomic E-state index is 0.0155. The molecular formula is C16H14ClN3O2S. The maximum absolute atomic E-state index is 11.8. The van der Waals surface area contributed by atoms with Gasteiger partial charge in [0.1, 0.15) is 0 Å². The molecule has 23 heavy (non-hydrogen) atoms. The quantitative estimate of drug-likeness (QED) is 0.742. The fourth-order valence-corrected chi connectivity index (χ4v) is 2.96. The zero-order valence-electron chi connectivity index (χ0n) is 12.2. The number of nitrogens with zero attached hydrogens (tertiary/aromatic N) is 2. The number of hydrogen-bond donors (Lipinski definition) is 1. The van der Waals surface area contributed by atoms with Crippen molar-refractivity contribution >= 4 is 28.8 Å². The molecule has 1 amide bonds. The lowest BCUT2D eigenvalue weighted by Crippen LogP contribution is -2.27. The van der Waals surface area contributed by atoms with Gasteiger partial charge in [-0.1, -0.05) is 29.8 Å². The lowest BCUT2D eigenvalue weighted by atomic mass is 10.2. The van der Waals surface area contributed by atoms with Crippen LogP contribution in [-0.2, 0) is 17.6 Å². The Hall–Kier alpha value is -2.18. The van der Waals surface area contributed by atoms with Gasteiger partial charge < -0.3 is 9.73 Å². The fourth-order valence-electron chi connectivity index (χ4n) is 2.04. The second kappa shape index (κ2) is 7.39. The average Bonchev–Trinajstić information content (AvgIpc) is 3.20. The summed E-state index contributed by atoms with van der Waals surface area (Å²) in [5, 5.41) is 13.3. The third-order valence-electron chi connectivity index (χ3n) is 3.15. The first kappa shape index (κ1) is 15.7. The van der Waals surface area contributed by atoms with Crippen molar-refractivity contribution in [3.8, 4) is 11.5 Å². The van der Waals surface area contributed by atoms with Crippen LogP contribution in [0.1, 0.15) is 10.8 Å². The molecular weight excluding hydrogens is 334 g/mol. The molecule has 0 atom stereocenters. The van der Waals surface area contributed by atoms with E-state index in [1.165, 1.54) is 0 Å². The van der Waals surface area contributed by atoms with E-state index in [1.54, 1.807) is 17.4 Å². The molecule has 0 aliphatic rings. The van der Waals surface area contributed by atoms with Crippen LogP contribution in [0.2, 0.25) is 5.02 Å². The van der Waals surface area contributed by atoms with Crippen molar-refractivity contribution in [3.05, 3.63) is 57.6 Å². The summed E-state index contributed by atoms with van der Waals surface area (Å²) in [4.78, 5) is 12.8. The molecule has 2 heterocycles. The second-order valence-electron chi connectivity index (χ2n) is 4.84. The molecule has 0 fully saturated rings. The molecule has 5 nitrogen and oxygen atoms in total. The van der Waals surface area contributed by atoms with E-state index in [9.17, 15) is 4.79 Å². The number of nitrogens with one attached hydrogen (secondary N) is 1. The van der Waals surface area contributed by atoms with E-state index in [2.05, 4.69) is 15.5 Å². The zero-order chi connectivity index (χ0) is 16.1. The molecule has 3 aromatic rings. The molecule has 7 heteroatoms. The predicted molar refractivity (Wildman–Crippen MR) is 89.5 cm³/mol. The van der Waals surface area contributed by atoms with E-state index in [-0.39, 0.29) is 5.91 Å². The summed E-state index contributed by atoms with van der Waals surface area (Å²) in [6.45, 7) is 0.453. The molecule has 1 aromatic carbocycles. The van der Waals surface area contributed by atoms with Crippen LogP contribution < -0.4 is 5.32 Å². The Morgan fingerprint density at radius 1 is 1.22 bits per heavy atom. The van der Waals surface area contributed by atoms with Crippen molar-refractivity contribution in [2.24, 2.45) is 0 Å². The summed E-state index contributed by atoms with van der Waals surface area (Å²) >= 11 is 7.67. The number of thiophene rings is 1. The van der Waals surface area contributed by atoms with E-state index < -0.39 is 0 Å². The third-order valence-corrected chi connectivity index (χ3v) is 4.35. The van der Waals surface area contributed by atoms with Gasteiger partial charge in [-0.15, -0.1) is 21.5 Å². The zero-order valence-corrected chi connectivity index (χ0v) is 13.7. The number of halogens is 1. The maximum Gasteiger partial charge on any atom is 0.249 e. The number of rotatable bonds is 6. The van der Waals surface area contributed by atoms with Crippen LogP contribution in [-0.4, -0.2) is 22.6 Å². The summed E-state index contributed by atoms with van der Waals surface area (Å²) in [6, 6.07) is 11.2. The first-order chi connectivity index (χ1) is 11.2. The van der Waals surface area contributed by atoms with E-state index in [4.69, 9.17) is 16.0 Å². The van der Waals surface area contributed by atoms with Crippen molar-refractivity contribution in [1.82, 2.24) is 15.5 Å². The molecule has 1 N–H and O–H groups in total. The Kier molecular flexibility index (Phi) is 5.05. The number of benzene rings is 1. The molecule has 0 saturated carbocycles. The molecule has 3 rings (SSSR count). The Balaban J connectivity index is 1.52. The number of aromatic nitrogens is 2. The van der Waals surface area contributed by atoms with Crippen LogP contribution >= 0.6 is 22.9 Å². The minimum Gasteiger partial charge on any atom is -0.421 e. The Morgan fingerprint density at radius 3 is 2.87 bits per heavy atom.